The van der Waals surface area contributed by atoms with Crippen molar-refractivity contribution in [3.05, 3.63) is 69.7 Å². The van der Waals surface area contributed by atoms with E-state index in [0.29, 0.717) is 10.8 Å². The second kappa shape index (κ2) is 7.07. The molecule has 1 aromatic heterocycles. The van der Waals surface area contributed by atoms with E-state index < -0.39 is 0 Å². The Labute approximate surface area is 151 Å². The first kappa shape index (κ1) is 17.2. The van der Waals surface area contributed by atoms with Gasteiger partial charge in [-0.05, 0) is 62.6 Å². The van der Waals surface area contributed by atoms with Crippen LogP contribution < -0.4 is 10.6 Å². The summed E-state index contributed by atoms with van der Waals surface area (Å²) in [6.45, 7) is 8.14. The first-order chi connectivity index (χ1) is 11.9. The van der Waals surface area contributed by atoms with Crippen molar-refractivity contribution in [2.24, 2.45) is 0 Å². The van der Waals surface area contributed by atoms with Crippen molar-refractivity contribution in [3.8, 4) is 0 Å². The van der Waals surface area contributed by atoms with Crippen LogP contribution in [-0.4, -0.2) is 10.9 Å². The average Bonchev–Trinajstić information content (AvgIpc) is 2.98. The maximum Gasteiger partial charge on any atom is 0.275 e. The van der Waals surface area contributed by atoms with E-state index in [1.165, 1.54) is 16.9 Å². The highest BCUT2D eigenvalue weighted by molar-refractivity contribution is 7.14. The molecule has 5 heteroatoms. The molecule has 2 aromatic carbocycles. The maximum absolute atomic E-state index is 12.4. The van der Waals surface area contributed by atoms with Crippen LogP contribution in [0.1, 0.15) is 32.7 Å². The summed E-state index contributed by atoms with van der Waals surface area (Å²) in [5.74, 6) is -0.199. The summed E-state index contributed by atoms with van der Waals surface area (Å²) in [6, 6.07) is 12.2. The molecule has 1 amide bonds. The van der Waals surface area contributed by atoms with Crippen molar-refractivity contribution in [1.82, 2.24) is 4.98 Å². The lowest BCUT2D eigenvalue weighted by Gasteiger charge is -2.07. The highest BCUT2D eigenvalue weighted by Gasteiger charge is 2.12. The maximum atomic E-state index is 12.4. The summed E-state index contributed by atoms with van der Waals surface area (Å²) in [7, 11) is 0. The molecular formula is C20H21N3OS. The Kier molecular flexibility index (Phi) is 4.86. The number of benzene rings is 2. The van der Waals surface area contributed by atoms with Crippen LogP contribution in [0.25, 0.3) is 0 Å². The Morgan fingerprint density at radius 1 is 0.960 bits per heavy atom. The zero-order valence-electron chi connectivity index (χ0n) is 14.8. The Balaban J connectivity index is 1.73. The lowest BCUT2D eigenvalue weighted by atomic mass is 10.1. The summed E-state index contributed by atoms with van der Waals surface area (Å²) in [6.07, 6.45) is 0. The van der Waals surface area contributed by atoms with E-state index in [-0.39, 0.29) is 5.91 Å². The van der Waals surface area contributed by atoms with Crippen molar-refractivity contribution >= 4 is 33.8 Å². The first-order valence-corrected chi connectivity index (χ1v) is 8.98. The van der Waals surface area contributed by atoms with Gasteiger partial charge < -0.3 is 10.6 Å². The van der Waals surface area contributed by atoms with E-state index in [1.54, 1.807) is 5.38 Å². The van der Waals surface area contributed by atoms with Crippen molar-refractivity contribution in [1.29, 1.82) is 0 Å². The number of nitrogens with one attached hydrogen (secondary N) is 2. The fourth-order valence-corrected chi connectivity index (χ4v) is 3.45. The van der Waals surface area contributed by atoms with Crippen molar-refractivity contribution < 1.29 is 4.79 Å². The van der Waals surface area contributed by atoms with Crippen molar-refractivity contribution in [2.75, 3.05) is 10.6 Å². The van der Waals surface area contributed by atoms with Crippen LogP contribution in [0.4, 0.5) is 16.5 Å². The van der Waals surface area contributed by atoms with Gasteiger partial charge in [0.05, 0.1) is 0 Å². The molecule has 0 fully saturated rings. The Hall–Kier alpha value is -2.66. The molecule has 25 heavy (non-hydrogen) atoms. The fourth-order valence-electron chi connectivity index (χ4n) is 2.75. The monoisotopic (exact) mass is 351 g/mol. The molecule has 0 spiro atoms. The lowest BCUT2D eigenvalue weighted by molar-refractivity contribution is 0.102. The van der Waals surface area contributed by atoms with E-state index >= 15 is 0 Å². The first-order valence-electron chi connectivity index (χ1n) is 8.10. The number of nitrogens with zero attached hydrogens (tertiary/aromatic N) is 1. The third-order valence-corrected chi connectivity index (χ3v) is 4.60. The van der Waals surface area contributed by atoms with E-state index in [0.717, 1.165) is 28.1 Å². The molecule has 3 rings (SSSR count). The molecular weight excluding hydrogens is 330 g/mol. The molecule has 1 heterocycles. The molecule has 0 aliphatic rings. The van der Waals surface area contributed by atoms with E-state index in [9.17, 15) is 4.79 Å². The number of aryl methyl sites for hydroxylation is 4. The summed E-state index contributed by atoms with van der Waals surface area (Å²) in [5, 5.41) is 8.67. The van der Waals surface area contributed by atoms with Gasteiger partial charge in [0, 0.05) is 16.8 Å². The van der Waals surface area contributed by atoms with Gasteiger partial charge in [-0.25, -0.2) is 4.98 Å². The normalized spacial score (nSPS) is 10.6. The summed E-state index contributed by atoms with van der Waals surface area (Å²) >= 11 is 1.42. The minimum absolute atomic E-state index is 0.199. The highest BCUT2D eigenvalue weighted by atomic mass is 32.1. The zero-order valence-corrected chi connectivity index (χ0v) is 15.6. The van der Waals surface area contributed by atoms with Crippen LogP contribution in [-0.2, 0) is 0 Å². The molecule has 4 nitrogen and oxygen atoms in total. The smallest absolute Gasteiger partial charge is 0.275 e. The van der Waals surface area contributed by atoms with E-state index in [4.69, 9.17) is 0 Å². The quantitative estimate of drug-likeness (QED) is 0.664. The van der Waals surface area contributed by atoms with Gasteiger partial charge in [-0.3, -0.25) is 4.79 Å². The third-order valence-electron chi connectivity index (χ3n) is 3.84. The number of hydrogen-bond donors (Lipinski definition) is 2. The fraction of sp³-hybridized carbons (Fsp3) is 0.200. The number of rotatable bonds is 4. The lowest BCUT2D eigenvalue weighted by Crippen LogP contribution is -2.12. The number of hydrogen-bond acceptors (Lipinski definition) is 4. The standard InChI is InChI=1S/C20H21N3OS/c1-12-5-6-17(15(4)8-12)22-20-23-18(11-25-20)19(24)21-16-9-13(2)7-14(3)10-16/h5-11H,1-4H3,(H,21,24)(H,22,23). The molecule has 3 aromatic rings. The Bertz CT molecular complexity index is 910. The average molecular weight is 351 g/mol. The van der Waals surface area contributed by atoms with E-state index in [1.807, 2.05) is 32.0 Å². The highest BCUT2D eigenvalue weighted by Crippen LogP contribution is 2.25. The number of aromatic nitrogens is 1. The molecule has 0 bridgehead atoms. The van der Waals surface area contributed by atoms with Gasteiger partial charge in [0.15, 0.2) is 5.13 Å². The zero-order chi connectivity index (χ0) is 18.0. The van der Waals surface area contributed by atoms with Gasteiger partial charge in [0.25, 0.3) is 5.91 Å². The molecule has 2 N–H and O–H groups in total. The van der Waals surface area contributed by atoms with Crippen LogP contribution in [0, 0.1) is 27.7 Å². The van der Waals surface area contributed by atoms with Gasteiger partial charge in [-0.1, -0.05) is 23.8 Å². The van der Waals surface area contributed by atoms with Gasteiger partial charge >= 0.3 is 0 Å². The molecule has 0 unspecified atom stereocenters. The van der Waals surface area contributed by atoms with Crippen molar-refractivity contribution in [2.45, 2.75) is 27.7 Å². The predicted octanol–water partition coefficient (Wildman–Crippen LogP) is 5.37. The molecule has 0 saturated heterocycles. The Morgan fingerprint density at radius 2 is 1.68 bits per heavy atom. The van der Waals surface area contributed by atoms with Gasteiger partial charge in [0.1, 0.15) is 5.69 Å². The van der Waals surface area contributed by atoms with Crippen LogP contribution in [0.2, 0.25) is 0 Å². The number of anilines is 3. The molecule has 0 aliphatic heterocycles. The van der Waals surface area contributed by atoms with Crippen LogP contribution in [0.15, 0.2) is 41.8 Å². The number of thiazole rings is 1. The largest absolute Gasteiger partial charge is 0.331 e. The number of carbonyl (C=O) groups excluding carboxylic acids is 1. The van der Waals surface area contributed by atoms with Crippen LogP contribution in [0.5, 0.6) is 0 Å². The van der Waals surface area contributed by atoms with Gasteiger partial charge in [0.2, 0.25) is 0 Å². The van der Waals surface area contributed by atoms with Crippen molar-refractivity contribution in [3.63, 3.8) is 0 Å². The SMILES string of the molecule is Cc1cc(C)cc(NC(=O)c2csc(Nc3ccc(C)cc3C)n2)c1. The summed E-state index contributed by atoms with van der Waals surface area (Å²) < 4.78 is 0. The molecule has 0 atom stereocenters. The molecule has 128 valence electrons. The summed E-state index contributed by atoms with van der Waals surface area (Å²) in [5.41, 5.74) is 6.81. The number of carbonyl (C=O) groups is 1. The second-order valence-corrected chi connectivity index (χ2v) is 7.17. The third kappa shape index (κ3) is 4.25. The molecule has 0 radical (unpaired) electrons. The van der Waals surface area contributed by atoms with Gasteiger partial charge in [-0.2, -0.15) is 0 Å². The summed E-state index contributed by atoms with van der Waals surface area (Å²) in [4.78, 5) is 16.8. The molecule has 0 saturated carbocycles. The Morgan fingerprint density at radius 3 is 2.36 bits per heavy atom. The minimum atomic E-state index is -0.199. The number of amides is 1. The second-order valence-electron chi connectivity index (χ2n) is 6.31. The van der Waals surface area contributed by atoms with Crippen LogP contribution >= 0.6 is 11.3 Å². The van der Waals surface area contributed by atoms with Gasteiger partial charge in [-0.15, -0.1) is 11.3 Å². The predicted molar refractivity (Wildman–Crippen MR) is 105 cm³/mol. The molecule has 0 aliphatic carbocycles. The topological polar surface area (TPSA) is 54.0 Å². The van der Waals surface area contributed by atoms with E-state index in [2.05, 4.69) is 47.7 Å². The minimum Gasteiger partial charge on any atom is -0.331 e. The van der Waals surface area contributed by atoms with Crippen LogP contribution in [0.3, 0.4) is 0 Å².